The Morgan fingerprint density at radius 2 is 1.54 bits per heavy atom. The number of hydrogen-bond acceptors (Lipinski definition) is 4. The van der Waals surface area contributed by atoms with Gasteiger partial charge in [0.25, 0.3) is 5.91 Å². The fourth-order valence-electron chi connectivity index (χ4n) is 1.89. The molecule has 6 nitrogen and oxygen atoms in total. The third kappa shape index (κ3) is 5.64. The maximum absolute atomic E-state index is 11.8. The Labute approximate surface area is 140 Å². The number of carbonyl (C=O) groups is 2. The average Bonchev–Trinajstić information content (AvgIpc) is 2.60. The fraction of sp³-hybridized carbons (Fsp3) is 0.222. The average molecular weight is 328 g/mol. The van der Waals surface area contributed by atoms with Crippen LogP contribution in [-0.4, -0.2) is 32.1 Å². The van der Waals surface area contributed by atoms with Crippen LogP contribution in [0.15, 0.2) is 48.5 Å². The molecule has 2 aromatic carbocycles. The topological polar surface area (TPSA) is 76.7 Å². The van der Waals surface area contributed by atoms with Crippen LogP contribution in [0.2, 0.25) is 0 Å². The van der Waals surface area contributed by atoms with Gasteiger partial charge in [-0.05, 0) is 43.3 Å². The Kier molecular flexibility index (Phi) is 6.19. The summed E-state index contributed by atoms with van der Waals surface area (Å²) in [5.41, 5.74) is 1.74. The molecule has 24 heavy (non-hydrogen) atoms. The monoisotopic (exact) mass is 328 g/mol. The summed E-state index contributed by atoms with van der Waals surface area (Å²) >= 11 is 0. The van der Waals surface area contributed by atoms with E-state index in [2.05, 4.69) is 10.6 Å². The Hall–Kier alpha value is -3.02. The summed E-state index contributed by atoms with van der Waals surface area (Å²) in [6, 6.07) is 14.3. The van der Waals surface area contributed by atoms with E-state index in [0.29, 0.717) is 17.2 Å². The maximum atomic E-state index is 11.8. The summed E-state index contributed by atoms with van der Waals surface area (Å²) < 4.78 is 10.4. The first-order valence-corrected chi connectivity index (χ1v) is 7.47. The highest BCUT2D eigenvalue weighted by Gasteiger charge is 2.07. The summed E-state index contributed by atoms with van der Waals surface area (Å²) in [5.74, 6) is 0.636. The van der Waals surface area contributed by atoms with Crippen LogP contribution >= 0.6 is 0 Å². The van der Waals surface area contributed by atoms with Crippen molar-refractivity contribution in [3.8, 4) is 11.5 Å². The standard InChI is InChI=1S/C18H20N2O4/c1-13-3-7-16(8-4-13)24-12-18(22)19-11-17(21)20-14-5-9-15(23-2)10-6-14/h3-10H,11-12H2,1-2H3,(H,19,22)(H,20,21). The molecule has 0 aliphatic rings. The van der Waals surface area contributed by atoms with Gasteiger partial charge in [0.1, 0.15) is 11.5 Å². The molecule has 0 fully saturated rings. The molecule has 0 saturated carbocycles. The van der Waals surface area contributed by atoms with Crippen molar-refractivity contribution in [1.82, 2.24) is 5.32 Å². The highest BCUT2D eigenvalue weighted by atomic mass is 16.5. The predicted molar refractivity (Wildman–Crippen MR) is 91.3 cm³/mol. The first kappa shape index (κ1) is 17.3. The molecule has 126 valence electrons. The number of aryl methyl sites for hydroxylation is 1. The lowest BCUT2D eigenvalue weighted by Gasteiger charge is -2.09. The highest BCUT2D eigenvalue weighted by Crippen LogP contribution is 2.14. The zero-order valence-electron chi connectivity index (χ0n) is 13.7. The molecular formula is C18H20N2O4. The third-order valence-electron chi connectivity index (χ3n) is 3.21. The zero-order chi connectivity index (χ0) is 17.4. The van der Waals surface area contributed by atoms with E-state index < -0.39 is 0 Å². The van der Waals surface area contributed by atoms with Crippen LogP contribution in [0.25, 0.3) is 0 Å². The van der Waals surface area contributed by atoms with Gasteiger partial charge >= 0.3 is 0 Å². The van der Waals surface area contributed by atoms with Gasteiger partial charge < -0.3 is 20.1 Å². The van der Waals surface area contributed by atoms with Gasteiger partial charge in [-0.25, -0.2) is 0 Å². The molecule has 2 rings (SSSR count). The molecule has 2 aromatic rings. The fourth-order valence-corrected chi connectivity index (χ4v) is 1.89. The van der Waals surface area contributed by atoms with Crippen molar-refractivity contribution >= 4 is 17.5 Å². The number of benzene rings is 2. The molecule has 2 amide bonds. The van der Waals surface area contributed by atoms with E-state index in [9.17, 15) is 9.59 Å². The molecule has 6 heteroatoms. The third-order valence-corrected chi connectivity index (χ3v) is 3.21. The van der Waals surface area contributed by atoms with Crippen molar-refractivity contribution in [1.29, 1.82) is 0 Å². The quantitative estimate of drug-likeness (QED) is 0.816. The lowest BCUT2D eigenvalue weighted by Crippen LogP contribution is -2.35. The van der Waals surface area contributed by atoms with E-state index in [1.165, 1.54) is 0 Å². The molecule has 0 aromatic heterocycles. The van der Waals surface area contributed by atoms with E-state index in [1.807, 2.05) is 19.1 Å². The minimum atomic E-state index is -0.361. The second-order valence-electron chi connectivity index (χ2n) is 5.16. The van der Waals surface area contributed by atoms with Crippen molar-refractivity contribution in [2.24, 2.45) is 0 Å². The number of rotatable bonds is 7. The van der Waals surface area contributed by atoms with Crippen LogP contribution < -0.4 is 20.1 Å². The van der Waals surface area contributed by atoms with Gasteiger partial charge in [-0.1, -0.05) is 17.7 Å². The van der Waals surface area contributed by atoms with Crippen LogP contribution in [0, 0.1) is 6.92 Å². The van der Waals surface area contributed by atoms with Crippen LogP contribution in [0.1, 0.15) is 5.56 Å². The molecule has 0 heterocycles. The zero-order valence-corrected chi connectivity index (χ0v) is 13.7. The van der Waals surface area contributed by atoms with Gasteiger partial charge in [-0.15, -0.1) is 0 Å². The molecule has 0 saturated heterocycles. The van der Waals surface area contributed by atoms with Gasteiger partial charge in [-0.2, -0.15) is 0 Å². The second-order valence-corrected chi connectivity index (χ2v) is 5.16. The molecule has 0 aliphatic heterocycles. The summed E-state index contributed by atoms with van der Waals surface area (Å²) in [6.45, 7) is 1.71. The number of hydrogen-bond donors (Lipinski definition) is 2. The lowest BCUT2D eigenvalue weighted by molar-refractivity contribution is -0.125. The normalized spacial score (nSPS) is 9.92. The van der Waals surface area contributed by atoms with Crippen LogP contribution in [0.4, 0.5) is 5.69 Å². The number of anilines is 1. The smallest absolute Gasteiger partial charge is 0.258 e. The molecule has 0 atom stereocenters. The van der Waals surface area contributed by atoms with E-state index in [4.69, 9.17) is 9.47 Å². The predicted octanol–water partition coefficient (Wildman–Crippen LogP) is 2.14. The SMILES string of the molecule is COc1ccc(NC(=O)CNC(=O)COc2ccc(C)cc2)cc1. The molecule has 0 aliphatic carbocycles. The molecule has 0 spiro atoms. The van der Waals surface area contributed by atoms with Crippen LogP contribution in [0.3, 0.4) is 0 Å². The van der Waals surface area contributed by atoms with E-state index >= 15 is 0 Å². The van der Waals surface area contributed by atoms with Crippen LogP contribution in [-0.2, 0) is 9.59 Å². The number of carbonyl (C=O) groups excluding carboxylic acids is 2. The second kappa shape index (κ2) is 8.57. The first-order valence-electron chi connectivity index (χ1n) is 7.47. The van der Waals surface area contributed by atoms with E-state index in [-0.39, 0.29) is 25.0 Å². The number of methoxy groups -OCH3 is 1. The first-order chi connectivity index (χ1) is 11.6. The van der Waals surface area contributed by atoms with Gasteiger partial charge in [0.2, 0.25) is 5.91 Å². The molecule has 2 N–H and O–H groups in total. The van der Waals surface area contributed by atoms with Gasteiger partial charge in [0, 0.05) is 5.69 Å². The minimum absolute atomic E-state index is 0.123. The van der Waals surface area contributed by atoms with Crippen molar-refractivity contribution in [2.45, 2.75) is 6.92 Å². The highest BCUT2D eigenvalue weighted by molar-refractivity contribution is 5.94. The number of amides is 2. The van der Waals surface area contributed by atoms with Gasteiger partial charge in [0.05, 0.1) is 13.7 Å². The summed E-state index contributed by atoms with van der Waals surface area (Å²) in [6.07, 6.45) is 0. The van der Waals surface area contributed by atoms with Gasteiger partial charge in [-0.3, -0.25) is 9.59 Å². The van der Waals surface area contributed by atoms with Crippen molar-refractivity contribution in [3.63, 3.8) is 0 Å². The van der Waals surface area contributed by atoms with E-state index in [1.54, 1.807) is 43.5 Å². The maximum Gasteiger partial charge on any atom is 0.258 e. The Morgan fingerprint density at radius 1 is 0.917 bits per heavy atom. The minimum Gasteiger partial charge on any atom is -0.497 e. The van der Waals surface area contributed by atoms with Crippen LogP contribution in [0.5, 0.6) is 11.5 Å². The van der Waals surface area contributed by atoms with Crippen molar-refractivity contribution in [2.75, 3.05) is 25.6 Å². The van der Waals surface area contributed by atoms with Gasteiger partial charge in [0.15, 0.2) is 6.61 Å². The molecular weight excluding hydrogens is 308 g/mol. The molecule has 0 bridgehead atoms. The number of nitrogens with one attached hydrogen (secondary N) is 2. The molecule has 0 unspecified atom stereocenters. The molecule has 0 radical (unpaired) electrons. The summed E-state index contributed by atoms with van der Waals surface area (Å²) in [4.78, 5) is 23.5. The summed E-state index contributed by atoms with van der Waals surface area (Å²) in [5, 5.41) is 5.18. The number of ether oxygens (including phenoxy) is 2. The van der Waals surface area contributed by atoms with E-state index in [0.717, 1.165) is 5.56 Å². The lowest BCUT2D eigenvalue weighted by atomic mass is 10.2. The Balaban J connectivity index is 1.70. The Bertz CT molecular complexity index is 681. The van der Waals surface area contributed by atoms with Crippen molar-refractivity contribution in [3.05, 3.63) is 54.1 Å². The van der Waals surface area contributed by atoms with Crippen molar-refractivity contribution < 1.29 is 19.1 Å². The summed E-state index contributed by atoms with van der Waals surface area (Å²) in [7, 11) is 1.57. The Morgan fingerprint density at radius 3 is 2.17 bits per heavy atom. The largest absolute Gasteiger partial charge is 0.497 e.